The molecule has 34 heavy (non-hydrogen) atoms. The maximum atomic E-state index is 13.4. The van der Waals surface area contributed by atoms with Gasteiger partial charge in [0.15, 0.2) is 5.76 Å². The van der Waals surface area contributed by atoms with Gasteiger partial charge in [-0.25, -0.2) is 17.9 Å². The van der Waals surface area contributed by atoms with Gasteiger partial charge in [-0.1, -0.05) is 5.16 Å². The number of aliphatic hydroxyl groups excluding tert-OH is 1. The van der Waals surface area contributed by atoms with Crippen LogP contribution in [0.3, 0.4) is 0 Å². The van der Waals surface area contributed by atoms with Gasteiger partial charge in [-0.3, -0.25) is 13.9 Å². The Morgan fingerprint density at radius 1 is 1.18 bits per heavy atom. The molecule has 3 heterocycles. The van der Waals surface area contributed by atoms with E-state index in [0.29, 0.717) is 11.5 Å². The number of rotatable bonds is 8. The molecule has 0 radical (unpaired) electrons. The second-order valence-corrected chi connectivity index (χ2v) is 11.4. The number of nitrogens with zero attached hydrogens (tertiary/aromatic N) is 3. The van der Waals surface area contributed by atoms with Gasteiger partial charge >= 0.3 is 5.69 Å². The van der Waals surface area contributed by atoms with E-state index in [0.717, 1.165) is 17.4 Å². The molecule has 2 fully saturated rings. The van der Waals surface area contributed by atoms with Crippen molar-refractivity contribution in [3.05, 3.63) is 56.6 Å². The van der Waals surface area contributed by atoms with Crippen LogP contribution in [0, 0.1) is 12.3 Å². The van der Waals surface area contributed by atoms with Gasteiger partial charge in [-0.15, -0.1) is 0 Å². The number of ether oxygens (including phenoxy) is 1. The summed E-state index contributed by atoms with van der Waals surface area (Å²) in [5.74, 6) is 0.318. The third kappa shape index (κ3) is 4.00. The number of benzene rings is 1. The Balaban J connectivity index is 1.68. The molecule has 11 nitrogen and oxygen atoms in total. The van der Waals surface area contributed by atoms with E-state index in [2.05, 4.69) is 9.88 Å². The fraction of sp³-hybridized carbons (Fsp3) is 0.500. The SMILES string of the molecule is Cc1cc(Cn2c(=O)c3cc(S(=O)(=O)NC4(C)CC4)ccc3n(CC3(CO)COC3)c2=O)on1. The van der Waals surface area contributed by atoms with Crippen molar-refractivity contribution in [1.29, 1.82) is 0 Å². The monoisotopic (exact) mass is 490 g/mol. The van der Waals surface area contributed by atoms with Crippen LogP contribution in [0.2, 0.25) is 0 Å². The third-order valence-electron chi connectivity index (χ3n) is 6.52. The van der Waals surface area contributed by atoms with Crippen molar-refractivity contribution in [3.8, 4) is 0 Å². The highest BCUT2D eigenvalue weighted by Gasteiger charge is 2.42. The number of fused-ring (bicyclic) bond motifs is 1. The number of aromatic nitrogens is 3. The lowest BCUT2D eigenvalue weighted by Crippen LogP contribution is -2.52. The molecule has 0 atom stereocenters. The van der Waals surface area contributed by atoms with Gasteiger partial charge in [-0.05, 0) is 44.9 Å². The van der Waals surface area contributed by atoms with E-state index in [9.17, 15) is 23.1 Å². The Hall–Kier alpha value is -2.80. The molecule has 5 rings (SSSR count). The van der Waals surface area contributed by atoms with Crippen LogP contribution in [0.4, 0.5) is 0 Å². The Kier molecular flexibility index (Phi) is 5.32. The minimum absolute atomic E-state index is 0.0543. The van der Waals surface area contributed by atoms with E-state index in [1.165, 1.54) is 22.8 Å². The second-order valence-electron chi connectivity index (χ2n) is 9.69. The predicted molar refractivity (Wildman–Crippen MR) is 121 cm³/mol. The summed E-state index contributed by atoms with van der Waals surface area (Å²) in [6.45, 7) is 3.84. The first-order valence-corrected chi connectivity index (χ1v) is 12.5. The third-order valence-corrected chi connectivity index (χ3v) is 8.16. The van der Waals surface area contributed by atoms with Crippen LogP contribution in [-0.4, -0.2) is 53.2 Å². The second kappa shape index (κ2) is 7.87. The molecule has 0 spiro atoms. The van der Waals surface area contributed by atoms with Gasteiger partial charge < -0.3 is 14.4 Å². The zero-order valence-electron chi connectivity index (χ0n) is 18.9. The molecule has 0 bridgehead atoms. The van der Waals surface area contributed by atoms with Crippen molar-refractivity contribution in [3.63, 3.8) is 0 Å². The maximum Gasteiger partial charge on any atom is 0.331 e. The maximum absolute atomic E-state index is 13.4. The molecule has 182 valence electrons. The largest absolute Gasteiger partial charge is 0.396 e. The quantitative estimate of drug-likeness (QED) is 0.460. The van der Waals surface area contributed by atoms with Gasteiger partial charge in [0, 0.05) is 18.2 Å². The summed E-state index contributed by atoms with van der Waals surface area (Å²) in [6, 6.07) is 5.78. The summed E-state index contributed by atoms with van der Waals surface area (Å²) < 4.78 is 41.4. The van der Waals surface area contributed by atoms with Gasteiger partial charge in [0.1, 0.15) is 0 Å². The van der Waals surface area contributed by atoms with Gasteiger partial charge in [0.25, 0.3) is 5.56 Å². The molecule has 1 aliphatic carbocycles. The van der Waals surface area contributed by atoms with Crippen LogP contribution in [0.25, 0.3) is 10.9 Å². The van der Waals surface area contributed by atoms with E-state index in [1.54, 1.807) is 13.0 Å². The predicted octanol–water partition coefficient (Wildman–Crippen LogP) is 0.348. The molecule has 1 saturated carbocycles. The Morgan fingerprint density at radius 3 is 2.47 bits per heavy atom. The highest BCUT2D eigenvalue weighted by atomic mass is 32.2. The number of sulfonamides is 1. The van der Waals surface area contributed by atoms with Crippen molar-refractivity contribution in [1.82, 2.24) is 19.0 Å². The standard InChI is InChI=1S/C22H26N4O7S/c1-14-7-15(33-23-14)9-25-19(28)17-8-16(34(30,31)24-21(2)5-6-21)3-4-18(17)26(20(25)29)10-22(11-27)12-32-13-22/h3-4,7-8,24,27H,5-6,9-13H2,1-2H3. The number of aryl methyl sites for hydroxylation is 1. The fourth-order valence-corrected chi connectivity index (χ4v) is 5.63. The molecule has 12 heteroatoms. The van der Waals surface area contributed by atoms with Gasteiger partial charge in [-0.2, -0.15) is 0 Å². The van der Waals surface area contributed by atoms with Gasteiger partial charge in [0.2, 0.25) is 10.0 Å². The zero-order valence-corrected chi connectivity index (χ0v) is 19.7. The first kappa shape index (κ1) is 23.0. The average molecular weight is 491 g/mol. The molecular formula is C22H26N4O7S. The minimum Gasteiger partial charge on any atom is -0.396 e. The van der Waals surface area contributed by atoms with E-state index >= 15 is 0 Å². The number of hydrogen-bond acceptors (Lipinski definition) is 8. The number of nitrogens with one attached hydrogen (secondary N) is 1. The van der Waals surface area contributed by atoms with Crippen molar-refractivity contribution in [2.24, 2.45) is 5.41 Å². The first-order valence-electron chi connectivity index (χ1n) is 11.0. The molecule has 1 aliphatic heterocycles. The Labute approximate surface area is 195 Å². The smallest absolute Gasteiger partial charge is 0.331 e. The molecular weight excluding hydrogens is 464 g/mol. The Morgan fingerprint density at radius 2 is 1.91 bits per heavy atom. The van der Waals surface area contributed by atoms with Crippen molar-refractivity contribution in [2.75, 3.05) is 19.8 Å². The van der Waals surface area contributed by atoms with Crippen molar-refractivity contribution in [2.45, 2.75) is 50.2 Å². The Bertz CT molecular complexity index is 1490. The van der Waals surface area contributed by atoms with Crippen LogP contribution in [0.5, 0.6) is 0 Å². The molecule has 1 aromatic carbocycles. The minimum atomic E-state index is -3.86. The van der Waals surface area contributed by atoms with E-state index in [1.807, 2.05) is 6.92 Å². The molecule has 3 aromatic rings. The topological polar surface area (TPSA) is 146 Å². The van der Waals surface area contributed by atoms with Crippen LogP contribution in [-0.2, 0) is 27.8 Å². The first-order chi connectivity index (χ1) is 16.0. The van der Waals surface area contributed by atoms with Crippen molar-refractivity contribution < 1.29 is 22.8 Å². The van der Waals surface area contributed by atoms with E-state index < -0.39 is 32.2 Å². The average Bonchev–Trinajstić information content (AvgIpc) is 3.33. The molecule has 1 saturated heterocycles. The molecule has 2 aromatic heterocycles. The lowest BCUT2D eigenvalue weighted by atomic mass is 9.87. The van der Waals surface area contributed by atoms with E-state index in [4.69, 9.17) is 9.26 Å². The molecule has 2 aliphatic rings. The lowest BCUT2D eigenvalue weighted by Gasteiger charge is -2.40. The normalized spacial score (nSPS) is 18.7. The van der Waals surface area contributed by atoms with E-state index in [-0.39, 0.29) is 48.7 Å². The summed E-state index contributed by atoms with van der Waals surface area (Å²) in [4.78, 5) is 26.8. The summed E-state index contributed by atoms with van der Waals surface area (Å²) in [5.41, 5.74) is -1.48. The lowest BCUT2D eigenvalue weighted by molar-refractivity contribution is -0.144. The van der Waals surface area contributed by atoms with Crippen molar-refractivity contribution >= 4 is 20.9 Å². The van der Waals surface area contributed by atoms with Crippen LogP contribution < -0.4 is 16.0 Å². The zero-order chi connectivity index (χ0) is 24.3. The van der Waals surface area contributed by atoms with Gasteiger partial charge in [0.05, 0.1) is 53.3 Å². The molecule has 0 unspecified atom stereocenters. The fourth-order valence-electron chi connectivity index (χ4n) is 4.14. The number of hydrogen-bond donors (Lipinski definition) is 2. The summed E-state index contributed by atoms with van der Waals surface area (Å²) in [7, 11) is -3.86. The summed E-state index contributed by atoms with van der Waals surface area (Å²) in [6.07, 6.45) is 1.49. The highest BCUT2D eigenvalue weighted by Crippen LogP contribution is 2.36. The van der Waals surface area contributed by atoms with Crippen LogP contribution >= 0.6 is 0 Å². The van der Waals surface area contributed by atoms with Crippen LogP contribution in [0.15, 0.2) is 43.3 Å². The highest BCUT2D eigenvalue weighted by molar-refractivity contribution is 7.89. The molecule has 2 N–H and O–H groups in total. The summed E-state index contributed by atoms with van der Waals surface area (Å²) in [5, 5.41) is 13.8. The van der Waals surface area contributed by atoms with Crippen LogP contribution in [0.1, 0.15) is 31.2 Å². The summed E-state index contributed by atoms with van der Waals surface area (Å²) >= 11 is 0. The number of aliphatic hydroxyl groups is 1. The molecule has 0 amide bonds.